The Hall–Kier alpha value is -1.88. The molecule has 0 bridgehead atoms. The fraction of sp³-hybridized carbons (Fsp3) is 0.556. The summed E-state index contributed by atoms with van der Waals surface area (Å²) < 4.78 is 6.80. The van der Waals surface area contributed by atoms with Crippen molar-refractivity contribution in [1.29, 1.82) is 0 Å². The van der Waals surface area contributed by atoms with Crippen molar-refractivity contribution >= 4 is 0 Å². The van der Waals surface area contributed by atoms with E-state index >= 15 is 0 Å². The third kappa shape index (κ3) is 4.02. The van der Waals surface area contributed by atoms with Crippen LogP contribution >= 0.6 is 0 Å². The van der Waals surface area contributed by atoms with Gasteiger partial charge in [-0.3, -0.25) is 9.80 Å². The van der Waals surface area contributed by atoms with Gasteiger partial charge < -0.3 is 10.1 Å². The van der Waals surface area contributed by atoms with Crippen molar-refractivity contribution in [1.82, 2.24) is 15.1 Å². The lowest BCUT2D eigenvalue weighted by atomic mass is 10.0. The average molecular weight is 418 g/mol. The molecule has 0 spiro atoms. The van der Waals surface area contributed by atoms with Gasteiger partial charge in [0.15, 0.2) is 0 Å². The summed E-state index contributed by atoms with van der Waals surface area (Å²) in [4.78, 5) is 5.33. The molecule has 1 aliphatic carbocycles. The second-order valence-electron chi connectivity index (χ2n) is 10.1. The molecule has 0 radical (unpaired) electrons. The van der Waals surface area contributed by atoms with Crippen LogP contribution in [0.25, 0.3) is 0 Å². The Morgan fingerprint density at radius 3 is 2.55 bits per heavy atom. The van der Waals surface area contributed by atoms with Gasteiger partial charge in [0.25, 0.3) is 0 Å². The number of fused-ring (bicyclic) bond motifs is 2. The third-order valence-corrected chi connectivity index (χ3v) is 8.04. The van der Waals surface area contributed by atoms with Crippen LogP contribution in [0.4, 0.5) is 0 Å². The van der Waals surface area contributed by atoms with Gasteiger partial charge in [-0.25, -0.2) is 0 Å². The Morgan fingerprint density at radius 1 is 0.903 bits per heavy atom. The molecule has 4 aliphatic rings. The number of hydrogen-bond acceptors (Lipinski definition) is 4. The monoisotopic (exact) mass is 417 g/mol. The topological polar surface area (TPSA) is 27.7 Å². The molecule has 31 heavy (non-hydrogen) atoms. The van der Waals surface area contributed by atoms with Crippen LogP contribution in [0.5, 0.6) is 5.75 Å². The summed E-state index contributed by atoms with van der Waals surface area (Å²) in [5, 5.41) is 3.58. The van der Waals surface area contributed by atoms with Crippen LogP contribution in [-0.2, 0) is 13.0 Å². The van der Waals surface area contributed by atoms with E-state index in [2.05, 4.69) is 63.6 Å². The first-order valence-corrected chi connectivity index (χ1v) is 12.3. The highest BCUT2D eigenvalue weighted by molar-refractivity contribution is 5.38. The highest BCUT2D eigenvalue weighted by Gasteiger charge is 2.44. The number of nitrogens with zero attached hydrogens (tertiary/aromatic N) is 2. The molecule has 0 amide bonds. The predicted molar refractivity (Wildman–Crippen MR) is 124 cm³/mol. The molecule has 6 rings (SSSR count). The van der Waals surface area contributed by atoms with Gasteiger partial charge >= 0.3 is 0 Å². The van der Waals surface area contributed by atoms with E-state index in [1.807, 2.05) is 0 Å². The molecule has 4 atom stereocenters. The van der Waals surface area contributed by atoms with Crippen molar-refractivity contribution < 1.29 is 4.74 Å². The number of nitrogens with one attached hydrogen (secondary N) is 1. The lowest BCUT2D eigenvalue weighted by molar-refractivity contribution is 0.0889. The average Bonchev–Trinajstić information content (AvgIpc) is 3.49. The van der Waals surface area contributed by atoms with E-state index in [4.69, 9.17) is 4.74 Å². The van der Waals surface area contributed by atoms with Crippen LogP contribution in [0.2, 0.25) is 0 Å². The van der Waals surface area contributed by atoms with E-state index in [1.54, 1.807) is 0 Å². The maximum absolute atomic E-state index is 6.80. The molecule has 4 nitrogen and oxygen atoms in total. The predicted octanol–water partition coefficient (Wildman–Crippen LogP) is 3.87. The Bertz CT molecular complexity index is 897. The summed E-state index contributed by atoms with van der Waals surface area (Å²) >= 11 is 0. The molecule has 2 aromatic carbocycles. The van der Waals surface area contributed by atoms with E-state index in [0.29, 0.717) is 6.04 Å². The SMILES string of the molecule is c1cc(CN2CCCCC2)cc(O[C@@H]2c3ccccc3C[C@H]2N2C[C@H]3CNC[C@H]3C2)c1. The van der Waals surface area contributed by atoms with Crippen molar-refractivity contribution in [2.45, 2.75) is 44.4 Å². The van der Waals surface area contributed by atoms with Gasteiger partial charge in [-0.2, -0.15) is 0 Å². The smallest absolute Gasteiger partial charge is 0.140 e. The van der Waals surface area contributed by atoms with E-state index in [-0.39, 0.29) is 6.10 Å². The first-order chi connectivity index (χ1) is 15.3. The lowest BCUT2D eigenvalue weighted by Crippen LogP contribution is -2.40. The zero-order valence-electron chi connectivity index (χ0n) is 18.5. The molecule has 4 heteroatoms. The maximum Gasteiger partial charge on any atom is 0.140 e. The molecule has 3 fully saturated rings. The number of likely N-dealkylation sites (tertiary alicyclic amines) is 2. The van der Waals surface area contributed by atoms with E-state index in [0.717, 1.165) is 30.6 Å². The highest BCUT2D eigenvalue weighted by atomic mass is 16.5. The molecule has 2 aromatic rings. The van der Waals surface area contributed by atoms with Crippen LogP contribution in [0.1, 0.15) is 42.1 Å². The number of piperidine rings is 1. The van der Waals surface area contributed by atoms with Gasteiger partial charge in [0.05, 0.1) is 6.04 Å². The Balaban J connectivity index is 1.21. The van der Waals surface area contributed by atoms with Crippen molar-refractivity contribution in [2.24, 2.45) is 11.8 Å². The summed E-state index contributed by atoms with van der Waals surface area (Å²) in [6.45, 7) is 8.31. The molecule has 3 saturated heterocycles. The van der Waals surface area contributed by atoms with Gasteiger partial charge in [-0.15, -0.1) is 0 Å². The minimum absolute atomic E-state index is 0.133. The van der Waals surface area contributed by atoms with Crippen LogP contribution in [0.3, 0.4) is 0 Å². The van der Waals surface area contributed by atoms with Gasteiger partial charge in [0.2, 0.25) is 0 Å². The minimum atomic E-state index is 0.133. The van der Waals surface area contributed by atoms with Crippen LogP contribution in [0, 0.1) is 11.8 Å². The number of benzene rings is 2. The Labute approximate surface area is 186 Å². The zero-order valence-corrected chi connectivity index (χ0v) is 18.5. The normalized spacial score (nSPS) is 31.0. The fourth-order valence-corrected chi connectivity index (χ4v) is 6.40. The fourth-order valence-electron chi connectivity index (χ4n) is 6.40. The number of ether oxygens (including phenoxy) is 1. The van der Waals surface area contributed by atoms with E-state index in [9.17, 15) is 0 Å². The van der Waals surface area contributed by atoms with Gasteiger partial charge in [0, 0.05) is 19.6 Å². The van der Waals surface area contributed by atoms with Crippen LogP contribution in [-0.4, -0.2) is 55.1 Å². The quantitative estimate of drug-likeness (QED) is 0.799. The molecule has 3 aliphatic heterocycles. The first-order valence-electron chi connectivity index (χ1n) is 12.3. The van der Waals surface area contributed by atoms with E-state index in [1.165, 1.54) is 75.2 Å². The van der Waals surface area contributed by atoms with Crippen molar-refractivity contribution in [2.75, 3.05) is 39.3 Å². The molecule has 3 heterocycles. The molecule has 0 saturated carbocycles. The molecule has 0 aromatic heterocycles. The standard InChI is InChI=1S/C27H35N3O/c1-4-11-29(12-5-1)17-20-7-6-9-24(13-20)31-27-25-10-3-2-8-21(25)14-26(27)30-18-22-15-28-16-23(22)19-30/h2-3,6-10,13,22-23,26-28H,1,4-5,11-12,14-19H2/t22-,23+,26-,27-/m1/s1. The summed E-state index contributed by atoms with van der Waals surface area (Å²) in [5.74, 6) is 2.66. The molecule has 0 unspecified atom stereocenters. The molecular weight excluding hydrogens is 382 g/mol. The number of hydrogen-bond donors (Lipinski definition) is 1. The highest BCUT2D eigenvalue weighted by Crippen LogP contribution is 2.41. The van der Waals surface area contributed by atoms with Crippen LogP contribution < -0.4 is 10.1 Å². The van der Waals surface area contributed by atoms with Gasteiger partial charge in [-0.1, -0.05) is 42.8 Å². The lowest BCUT2D eigenvalue weighted by Gasteiger charge is -2.31. The van der Waals surface area contributed by atoms with Crippen molar-refractivity contribution in [3.8, 4) is 5.75 Å². The zero-order chi connectivity index (χ0) is 20.6. The number of rotatable bonds is 5. The Kier molecular flexibility index (Phi) is 5.47. The minimum Gasteiger partial charge on any atom is -0.484 e. The third-order valence-electron chi connectivity index (χ3n) is 8.04. The summed E-state index contributed by atoms with van der Waals surface area (Å²) in [6.07, 6.45) is 5.30. The largest absolute Gasteiger partial charge is 0.484 e. The second kappa shape index (κ2) is 8.57. The van der Waals surface area contributed by atoms with Crippen molar-refractivity contribution in [3.63, 3.8) is 0 Å². The summed E-state index contributed by atoms with van der Waals surface area (Å²) in [5.41, 5.74) is 4.24. The first kappa shape index (κ1) is 19.8. The summed E-state index contributed by atoms with van der Waals surface area (Å²) in [6, 6.07) is 18.3. The summed E-state index contributed by atoms with van der Waals surface area (Å²) in [7, 11) is 0. The van der Waals surface area contributed by atoms with Crippen molar-refractivity contribution in [3.05, 3.63) is 65.2 Å². The molecular formula is C27H35N3O. The maximum atomic E-state index is 6.80. The second-order valence-corrected chi connectivity index (χ2v) is 10.1. The van der Waals surface area contributed by atoms with Gasteiger partial charge in [-0.05, 0) is 86.1 Å². The Morgan fingerprint density at radius 2 is 1.71 bits per heavy atom. The van der Waals surface area contributed by atoms with Crippen LogP contribution in [0.15, 0.2) is 48.5 Å². The van der Waals surface area contributed by atoms with Gasteiger partial charge in [0.1, 0.15) is 11.9 Å². The molecule has 164 valence electrons. The molecule has 1 N–H and O–H groups in total. The van der Waals surface area contributed by atoms with E-state index < -0.39 is 0 Å².